The molecule has 0 aromatic heterocycles. The van der Waals surface area contributed by atoms with Gasteiger partial charge in [0.25, 0.3) is 7.82 Å². The minimum Gasteiger partial charge on any atom is -0.756 e. The number of likely N-dealkylation sites (N-methyl/N-ethyl adjacent to an activating group) is 1. The Labute approximate surface area is 478 Å². The van der Waals surface area contributed by atoms with Gasteiger partial charge in [-0.25, -0.2) is 0 Å². The van der Waals surface area contributed by atoms with Crippen molar-refractivity contribution in [1.29, 1.82) is 0 Å². The first kappa shape index (κ1) is 75.0. The van der Waals surface area contributed by atoms with Gasteiger partial charge in [0.1, 0.15) is 19.3 Å². The minimum absolute atomic E-state index is 0.0203. The molecule has 0 radical (unpaired) electrons. The number of phosphoric acid groups is 1. The summed E-state index contributed by atoms with van der Waals surface area (Å²) in [7, 11) is 1.20. The highest BCUT2D eigenvalue weighted by Gasteiger charge is 2.27. The van der Waals surface area contributed by atoms with Gasteiger partial charge in [0.2, 0.25) is 5.91 Å². The Bertz CT molecular complexity index is 1460. The molecule has 1 amide bonds. The molecule has 0 rings (SSSR count). The molecule has 0 bridgehead atoms. The van der Waals surface area contributed by atoms with Gasteiger partial charge in [-0.05, 0) is 70.3 Å². The molecule has 0 fully saturated rings. The van der Waals surface area contributed by atoms with Gasteiger partial charge in [0, 0.05) is 12.8 Å². The van der Waals surface area contributed by atoms with Gasteiger partial charge in [0.05, 0.1) is 33.8 Å². The lowest BCUT2D eigenvalue weighted by atomic mass is 10.0. The zero-order valence-corrected chi connectivity index (χ0v) is 52.6. The summed E-state index contributed by atoms with van der Waals surface area (Å²) >= 11 is 0. The molecule has 77 heavy (non-hydrogen) atoms. The second-order valence-corrected chi connectivity index (χ2v) is 25.0. The average Bonchev–Trinajstić information content (AvgIpc) is 3.39. The maximum absolute atomic E-state index is 13.5. The topological polar surface area (TPSA) is 114 Å². The zero-order chi connectivity index (χ0) is 56.4. The van der Waals surface area contributed by atoms with Crippen molar-refractivity contribution < 1.29 is 37.3 Å². The molecule has 3 unspecified atom stereocenters. The van der Waals surface area contributed by atoms with Crippen LogP contribution in [-0.4, -0.2) is 69.4 Å². The Hall–Kier alpha value is -2.03. The first-order chi connectivity index (χ1) is 37.4. The number of nitrogens with zero attached hydrogens (tertiary/aromatic N) is 1. The highest BCUT2D eigenvalue weighted by Crippen LogP contribution is 2.38. The number of phosphoric ester groups is 1. The largest absolute Gasteiger partial charge is 0.756 e. The van der Waals surface area contributed by atoms with Gasteiger partial charge in [0.15, 0.2) is 0 Å². The summed E-state index contributed by atoms with van der Waals surface area (Å²) in [5, 5.41) is 3.03. The standard InChI is InChI=1S/C67H127N2O7P/c1-7-10-13-16-19-22-25-27-28-29-30-31-32-33-34-35-36-37-38-39-40-42-45-48-51-54-57-60-67(71)76-65(58-55-52-49-46-43-24-21-18-15-12-9-3)64(63-75-77(72,73)74-62-61-69(4,5)6)68-66(70)59-56-53-50-47-44-41-26-23-20-17-14-11-8-2/h19,22,27-28,30-31,55,58,64-65H,7-18,20-21,23-26,29,32-54,56-57,59-63H2,1-6H3,(H-,68,70,72,73)/b22-19-,28-27-,31-30-,58-55-. The summed E-state index contributed by atoms with van der Waals surface area (Å²) in [6.45, 7) is 6.84. The molecule has 3 atom stereocenters. The molecule has 0 aliphatic carbocycles. The number of unbranched alkanes of at least 4 members (excludes halogenated alkanes) is 38. The normalized spacial score (nSPS) is 13.9. The van der Waals surface area contributed by atoms with Crippen LogP contribution in [0, 0.1) is 0 Å². The van der Waals surface area contributed by atoms with Gasteiger partial charge in [-0.1, -0.05) is 282 Å². The van der Waals surface area contributed by atoms with Crippen LogP contribution >= 0.6 is 7.82 Å². The number of quaternary nitrogens is 1. The highest BCUT2D eigenvalue weighted by molar-refractivity contribution is 7.45. The summed E-state index contributed by atoms with van der Waals surface area (Å²) < 4.78 is 30.3. The molecule has 0 aliphatic heterocycles. The van der Waals surface area contributed by atoms with E-state index in [2.05, 4.69) is 62.5 Å². The lowest BCUT2D eigenvalue weighted by molar-refractivity contribution is -0.870. The van der Waals surface area contributed by atoms with E-state index in [4.69, 9.17) is 13.8 Å². The van der Waals surface area contributed by atoms with Crippen molar-refractivity contribution in [3.63, 3.8) is 0 Å². The summed E-state index contributed by atoms with van der Waals surface area (Å²) in [6.07, 6.45) is 70.9. The van der Waals surface area contributed by atoms with E-state index in [0.717, 1.165) is 70.6 Å². The summed E-state index contributed by atoms with van der Waals surface area (Å²) in [4.78, 5) is 40.0. The van der Waals surface area contributed by atoms with Gasteiger partial charge in [-0.15, -0.1) is 0 Å². The van der Waals surface area contributed by atoms with Gasteiger partial charge in [-0.3, -0.25) is 14.2 Å². The lowest BCUT2D eigenvalue weighted by Gasteiger charge is -2.30. The zero-order valence-electron chi connectivity index (χ0n) is 51.7. The number of allylic oxidation sites excluding steroid dienone is 7. The van der Waals surface area contributed by atoms with Crippen molar-refractivity contribution in [2.24, 2.45) is 0 Å². The highest BCUT2D eigenvalue weighted by atomic mass is 31.2. The molecule has 452 valence electrons. The number of hydrogen-bond acceptors (Lipinski definition) is 7. The average molecular weight is 1100 g/mol. The Morgan fingerprint density at radius 3 is 1.21 bits per heavy atom. The SMILES string of the molecule is CCCCC/C=C\C/C=C\C/C=C\CCCCCCCCCCCCCCCCC(=O)OC(/C=C\CCCCCCCCCCC)C(COP(=O)([O-])OCC[N+](C)(C)C)NC(=O)CCCCCCCCCCCCCCC. The van der Waals surface area contributed by atoms with E-state index in [-0.39, 0.29) is 31.5 Å². The minimum atomic E-state index is -4.69. The maximum Gasteiger partial charge on any atom is 0.306 e. The molecule has 0 saturated carbocycles. The predicted molar refractivity (Wildman–Crippen MR) is 330 cm³/mol. The van der Waals surface area contributed by atoms with E-state index < -0.39 is 20.0 Å². The molecule has 0 heterocycles. The van der Waals surface area contributed by atoms with Crippen LogP contribution in [-0.2, 0) is 27.9 Å². The second kappa shape index (κ2) is 57.2. The molecule has 0 aromatic rings. The fourth-order valence-electron chi connectivity index (χ4n) is 9.65. The monoisotopic (exact) mass is 1100 g/mol. The van der Waals surface area contributed by atoms with E-state index in [1.165, 1.54) is 212 Å². The number of rotatable bonds is 60. The Kier molecular flexibility index (Phi) is 55.7. The number of amides is 1. The van der Waals surface area contributed by atoms with Crippen molar-refractivity contribution in [1.82, 2.24) is 5.32 Å². The molecule has 0 saturated heterocycles. The number of hydrogen-bond donors (Lipinski definition) is 1. The molecular formula is C67H127N2O7P. The third-order valence-corrected chi connectivity index (χ3v) is 15.7. The number of nitrogens with one attached hydrogen (secondary N) is 1. The Morgan fingerprint density at radius 1 is 0.455 bits per heavy atom. The van der Waals surface area contributed by atoms with Crippen LogP contribution in [0.2, 0.25) is 0 Å². The van der Waals surface area contributed by atoms with E-state index in [1.807, 2.05) is 33.3 Å². The van der Waals surface area contributed by atoms with Crippen molar-refractivity contribution >= 4 is 19.7 Å². The van der Waals surface area contributed by atoms with Crippen LogP contribution in [0.4, 0.5) is 0 Å². The third kappa shape index (κ3) is 58.4. The van der Waals surface area contributed by atoms with E-state index in [0.29, 0.717) is 17.4 Å². The molecule has 10 heteroatoms. The fraction of sp³-hybridized carbons (Fsp3) is 0.851. The summed E-state index contributed by atoms with van der Waals surface area (Å²) in [5.41, 5.74) is 0. The molecule has 0 aliphatic rings. The van der Waals surface area contributed by atoms with Crippen LogP contribution < -0.4 is 10.2 Å². The van der Waals surface area contributed by atoms with Crippen LogP contribution in [0.5, 0.6) is 0 Å². The predicted octanol–water partition coefficient (Wildman–Crippen LogP) is 19.8. The van der Waals surface area contributed by atoms with Crippen molar-refractivity contribution in [3.05, 3.63) is 48.6 Å². The van der Waals surface area contributed by atoms with E-state index in [9.17, 15) is 19.0 Å². The molecule has 1 N–H and O–H groups in total. The number of carbonyl (C=O) groups is 2. The quantitative estimate of drug-likeness (QED) is 0.0212. The molecular weight excluding hydrogens is 976 g/mol. The van der Waals surface area contributed by atoms with Crippen LogP contribution in [0.3, 0.4) is 0 Å². The number of ether oxygens (including phenoxy) is 1. The summed E-state index contributed by atoms with van der Waals surface area (Å²) in [6, 6.07) is -0.884. The summed E-state index contributed by atoms with van der Waals surface area (Å²) in [5.74, 6) is -0.530. The fourth-order valence-corrected chi connectivity index (χ4v) is 10.4. The second-order valence-electron chi connectivity index (χ2n) is 23.6. The first-order valence-electron chi connectivity index (χ1n) is 32.9. The third-order valence-electron chi connectivity index (χ3n) is 14.8. The Morgan fingerprint density at radius 2 is 0.792 bits per heavy atom. The van der Waals surface area contributed by atoms with Gasteiger partial charge in [-0.2, -0.15) is 0 Å². The van der Waals surface area contributed by atoms with Gasteiger partial charge < -0.3 is 28.5 Å². The lowest BCUT2D eigenvalue weighted by Crippen LogP contribution is -2.47. The van der Waals surface area contributed by atoms with Crippen LogP contribution in [0.15, 0.2) is 48.6 Å². The molecule has 0 aromatic carbocycles. The van der Waals surface area contributed by atoms with E-state index in [1.54, 1.807) is 0 Å². The number of esters is 1. The molecule has 0 spiro atoms. The first-order valence-corrected chi connectivity index (χ1v) is 34.4. The van der Waals surface area contributed by atoms with E-state index >= 15 is 0 Å². The molecule has 9 nitrogen and oxygen atoms in total. The van der Waals surface area contributed by atoms with Crippen molar-refractivity contribution in [3.8, 4) is 0 Å². The van der Waals surface area contributed by atoms with Crippen molar-refractivity contribution in [2.45, 2.75) is 328 Å². The van der Waals surface area contributed by atoms with Crippen LogP contribution in [0.1, 0.15) is 316 Å². The Balaban J connectivity index is 4.97. The maximum atomic E-state index is 13.5. The van der Waals surface area contributed by atoms with Crippen molar-refractivity contribution in [2.75, 3.05) is 40.9 Å². The van der Waals surface area contributed by atoms with Crippen LogP contribution in [0.25, 0.3) is 0 Å². The van der Waals surface area contributed by atoms with Gasteiger partial charge >= 0.3 is 5.97 Å². The smallest absolute Gasteiger partial charge is 0.306 e. The number of carbonyl (C=O) groups excluding carboxylic acids is 2.